The number of nitriles is 1. The highest BCUT2D eigenvalue weighted by molar-refractivity contribution is 5.79. The quantitative estimate of drug-likeness (QED) is 0.578. The van der Waals surface area contributed by atoms with Gasteiger partial charge in [-0.05, 0) is 12.1 Å². The maximum absolute atomic E-state index is 12.5. The van der Waals surface area contributed by atoms with Crippen molar-refractivity contribution in [1.82, 2.24) is 0 Å². The Morgan fingerprint density at radius 3 is 1.94 bits per heavy atom. The molecular formula is C10H3F6NO. The van der Waals surface area contributed by atoms with Gasteiger partial charge in [-0.2, -0.15) is 31.6 Å². The van der Waals surface area contributed by atoms with Gasteiger partial charge in [0.05, 0.1) is 22.8 Å². The van der Waals surface area contributed by atoms with Crippen LogP contribution in [0.25, 0.3) is 0 Å². The highest BCUT2D eigenvalue weighted by atomic mass is 19.4. The molecule has 0 aliphatic carbocycles. The Kier molecular flexibility index (Phi) is 3.37. The van der Waals surface area contributed by atoms with Crippen LogP contribution >= 0.6 is 0 Å². The Morgan fingerprint density at radius 2 is 1.61 bits per heavy atom. The van der Waals surface area contributed by atoms with Gasteiger partial charge >= 0.3 is 12.4 Å². The molecule has 18 heavy (non-hydrogen) atoms. The molecule has 1 aromatic rings. The third-order valence-corrected chi connectivity index (χ3v) is 2.03. The van der Waals surface area contributed by atoms with Gasteiger partial charge < -0.3 is 0 Å². The van der Waals surface area contributed by atoms with Crippen molar-refractivity contribution in [3.63, 3.8) is 0 Å². The standard InChI is InChI=1S/C10H3F6NO/c11-9(12,13)7-1-5(3-17)8(10(14,15)16)6(2-7)4-18/h1-2,4H. The van der Waals surface area contributed by atoms with Crippen LogP contribution in [0.2, 0.25) is 0 Å². The number of hydrogen-bond donors (Lipinski definition) is 0. The van der Waals surface area contributed by atoms with Gasteiger partial charge in [-0.25, -0.2) is 0 Å². The smallest absolute Gasteiger partial charge is 0.298 e. The lowest BCUT2D eigenvalue weighted by Gasteiger charge is -2.14. The van der Waals surface area contributed by atoms with E-state index in [0.717, 1.165) is 6.07 Å². The van der Waals surface area contributed by atoms with Crippen LogP contribution in [0, 0.1) is 11.3 Å². The van der Waals surface area contributed by atoms with Crippen molar-refractivity contribution in [2.24, 2.45) is 0 Å². The van der Waals surface area contributed by atoms with Crippen molar-refractivity contribution in [2.75, 3.05) is 0 Å². The summed E-state index contributed by atoms with van der Waals surface area (Å²) in [6.07, 6.45) is -10.4. The maximum atomic E-state index is 12.5. The van der Waals surface area contributed by atoms with Crippen molar-refractivity contribution < 1.29 is 31.1 Å². The number of carbonyl (C=O) groups excluding carboxylic acids is 1. The van der Waals surface area contributed by atoms with Gasteiger partial charge in [0.15, 0.2) is 6.29 Å². The van der Waals surface area contributed by atoms with Crippen LogP contribution in [-0.4, -0.2) is 6.29 Å². The van der Waals surface area contributed by atoms with E-state index in [1.807, 2.05) is 0 Å². The number of aldehydes is 1. The van der Waals surface area contributed by atoms with Crippen molar-refractivity contribution in [3.8, 4) is 6.07 Å². The van der Waals surface area contributed by atoms with Gasteiger partial charge in [0.1, 0.15) is 0 Å². The molecule has 1 rings (SSSR count). The van der Waals surface area contributed by atoms with E-state index < -0.39 is 34.6 Å². The molecule has 0 bridgehead atoms. The number of hydrogen-bond acceptors (Lipinski definition) is 2. The molecule has 0 spiro atoms. The van der Waals surface area contributed by atoms with Gasteiger partial charge in [-0.1, -0.05) is 0 Å². The molecule has 1 aromatic carbocycles. The van der Waals surface area contributed by atoms with E-state index in [4.69, 9.17) is 5.26 Å². The van der Waals surface area contributed by atoms with Crippen LogP contribution < -0.4 is 0 Å². The van der Waals surface area contributed by atoms with Crippen LogP contribution in [0.1, 0.15) is 27.0 Å². The largest absolute Gasteiger partial charge is 0.418 e. The molecule has 0 amide bonds. The molecule has 0 aliphatic rings. The molecule has 0 atom stereocenters. The molecule has 0 saturated heterocycles. The molecule has 0 N–H and O–H groups in total. The molecular weight excluding hydrogens is 264 g/mol. The summed E-state index contributed by atoms with van der Waals surface area (Å²) in [7, 11) is 0. The van der Waals surface area contributed by atoms with Crippen LogP contribution in [-0.2, 0) is 12.4 Å². The van der Waals surface area contributed by atoms with E-state index in [1.54, 1.807) is 0 Å². The Hall–Kier alpha value is -2.04. The first-order valence-electron chi connectivity index (χ1n) is 4.29. The summed E-state index contributed by atoms with van der Waals surface area (Å²) in [4.78, 5) is 10.4. The second-order valence-electron chi connectivity index (χ2n) is 3.21. The number of benzene rings is 1. The van der Waals surface area contributed by atoms with Crippen LogP contribution in [0.3, 0.4) is 0 Å². The number of rotatable bonds is 1. The normalized spacial score (nSPS) is 12.1. The van der Waals surface area contributed by atoms with Crippen molar-refractivity contribution in [3.05, 3.63) is 34.4 Å². The second-order valence-corrected chi connectivity index (χ2v) is 3.21. The fraction of sp³-hybridized carbons (Fsp3) is 0.200. The SMILES string of the molecule is N#Cc1cc(C(F)(F)F)cc(C=O)c1C(F)(F)F. The van der Waals surface area contributed by atoms with Crippen LogP contribution in [0.4, 0.5) is 26.3 Å². The molecule has 0 radical (unpaired) electrons. The Labute approximate surface area is 96.4 Å². The Balaban J connectivity index is 3.67. The lowest BCUT2D eigenvalue weighted by Crippen LogP contribution is -2.15. The Bertz CT molecular complexity index is 523. The molecule has 8 heteroatoms. The van der Waals surface area contributed by atoms with Crippen molar-refractivity contribution in [2.45, 2.75) is 12.4 Å². The lowest BCUT2D eigenvalue weighted by molar-refractivity contribution is -0.141. The molecule has 0 fully saturated rings. The lowest BCUT2D eigenvalue weighted by atomic mass is 9.98. The number of carbonyl (C=O) groups is 1. The minimum Gasteiger partial charge on any atom is -0.298 e. The molecule has 96 valence electrons. The first-order chi connectivity index (χ1) is 8.11. The summed E-state index contributed by atoms with van der Waals surface area (Å²) in [5, 5.41) is 8.46. The zero-order chi connectivity index (χ0) is 14.1. The molecule has 0 saturated carbocycles. The van der Waals surface area contributed by atoms with E-state index in [9.17, 15) is 31.1 Å². The highest BCUT2D eigenvalue weighted by Crippen LogP contribution is 2.38. The first kappa shape index (κ1) is 14.0. The fourth-order valence-electron chi connectivity index (χ4n) is 1.33. The van der Waals surface area contributed by atoms with Crippen molar-refractivity contribution >= 4 is 6.29 Å². The van der Waals surface area contributed by atoms with Gasteiger partial charge in [0.25, 0.3) is 0 Å². The summed E-state index contributed by atoms with van der Waals surface area (Å²) in [6, 6.07) is 1.14. The molecule has 2 nitrogen and oxygen atoms in total. The average Bonchev–Trinajstić information content (AvgIpc) is 2.24. The van der Waals surface area contributed by atoms with Gasteiger partial charge in [0.2, 0.25) is 0 Å². The fourth-order valence-corrected chi connectivity index (χ4v) is 1.33. The summed E-state index contributed by atoms with van der Waals surface area (Å²) in [6.45, 7) is 0. The molecule has 0 aliphatic heterocycles. The second kappa shape index (κ2) is 4.33. The third kappa shape index (κ3) is 2.61. The summed E-state index contributed by atoms with van der Waals surface area (Å²) in [5.41, 5.74) is -5.59. The molecule has 0 aromatic heterocycles. The number of alkyl halides is 6. The van der Waals surface area contributed by atoms with Crippen LogP contribution in [0.15, 0.2) is 12.1 Å². The highest BCUT2D eigenvalue weighted by Gasteiger charge is 2.39. The average molecular weight is 267 g/mol. The van der Waals surface area contributed by atoms with E-state index >= 15 is 0 Å². The topological polar surface area (TPSA) is 40.9 Å². The number of nitrogens with zero attached hydrogens (tertiary/aromatic N) is 1. The zero-order valence-corrected chi connectivity index (χ0v) is 8.36. The maximum Gasteiger partial charge on any atom is 0.418 e. The van der Waals surface area contributed by atoms with E-state index in [0.29, 0.717) is 0 Å². The minimum absolute atomic E-state index is 0.0653. The summed E-state index contributed by atoms with van der Waals surface area (Å²) in [5.74, 6) is 0. The van der Waals surface area contributed by atoms with Crippen LogP contribution in [0.5, 0.6) is 0 Å². The van der Waals surface area contributed by atoms with Gasteiger partial charge in [-0.15, -0.1) is 0 Å². The summed E-state index contributed by atoms with van der Waals surface area (Å²) >= 11 is 0. The van der Waals surface area contributed by atoms with E-state index in [2.05, 4.69) is 0 Å². The molecule has 0 unspecified atom stereocenters. The predicted octanol–water partition coefficient (Wildman–Crippen LogP) is 3.41. The van der Waals surface area contributed by atoms with Crippen molar-refractivity contribution in [1.29, 1.82) is 5.26 Å². The van der Waals surface area contributed by atoms with E-state index in [-0.39, 0.29) is 18.4 Å². The number of halogens is 6. The summed E-state index contributed by atoms with van der Waals surface area (Å²) < 4.78 is 74.6. The van der Waals surface area contributed by atoms with Gasteiger partial charge in [-0.3, -0.25) is 4.79 Å². The third-order valence-electron chi connectivity index (χ3n) is 2.03. The molecule has 0 heterocycles. The predicted molar refractivity (Wildman–Crippen MR) is 46.5 cm³/mol. The van der Waals surface area contributed by atoms with Gasteiger partial charge in [0, 0.05) is 5.56 Å². The minimum atomic E-state index is -5.08. The first-order valence-corrected chi connectivity index (χ1v) is 4.29. The monoisotopic (exact) mass is 267 g/mol. The Morgan fingerprint density at radius 1 is 1.06 bits per heavy atom. The van der Waals surface area contributed by atoms with E-state index in [1.165, 1.54) is 0 Å². The zero-order valence-electron chi connectivity index (χ0n) is 8.36.